The number of halogens is 3. The highest BCUT2D eigenvalue weighted by Crippen LogP contribution is 2.36. The van der Waals surface area contributed by atoms with Crippen LogP contribution in [0, 0.1) is 0 Å². The SMILES string of the molecule is CN1CCc2c(Cl)ccc3oc(Cn4cc(Cl)cn4)c(c23)C1.Cl. The molecule has 4 rings (SSSR count). The number of rotatable bonds is 2. The number of furan rings is 1. The van der Waals surface area contributed by atoms with Crippen molar-refractivity contribution in [3.63, 3.8) is 0 Å². The van der Waals surface area contributed by atoms with Gasteiger partial charge in [0.15, 0.2) is 0 Å². The van der Waals surface area contributed by atoms with Crippen LogP contribution in [0.15, 0.2) is 28.9 Å². The number of benzene rings is 1. The van der Waals surface area contributed by atoms with Gasteiger partial charge in [-0.05, 0) is 31.2 Å². The van der Waals surface area contributed by atoms with Crippen molar-refractivity contribution in [3.05, 3.63) is 51.5 Å². The van der Waals surface area contributed by atoms with Gasteiger partial charge in [0.25, 0.3) is 0 Å². The lowest BCUT2D eigenvalue weighted by Gasteiger charge is -2.13. The highest BCUT2D eigenvalue weighted by molar-refractivity contribution is 6.32. The van der Waals surface area contributed by atoms with Gasteiger partial charge in [0.1, 0.15) is 11.3 Å². The maximum absolute atomic E-state index is 6.41. The Labute approximate surface area is 150 Å². The average molecular weight is 373 g/mol. The van der Waals surface area contributed by atoms with E-state index < -0.39 is 0 Å². The molecule has 0 aliphatic carbocycles. The zero-order valence-corrected chi connectivity index (χ0v) is 14.9. The van der Waals surface area contributed by atoms with E-state index in [4.69, 9.17) is 27.6 Å². The monoisotopic (exact) mass is 371 g/mol. The highest BCUT2D eigenvalue weighted by Gasteiger charge is 2.23. The summed E-state index contributed by atoms with van der Waals surface area (Å²) in [6.07, 6.45) is 4.37. The molecule has 3 aromatic rings. The molecule has 1 aliphatic heterocycles. The van der Waals surface area contributed by atoms with Crippen LogP contribution in [0.25, 0.3) is 11.0 Å². The topological polar surface area (TPSA) is 34.2 Å². The fourth-order valence-corrected chi connectivity index (χ4v) is 3.52. The summed E-state index contributed by atoms with van der Waals surface area (Å²) in [5.74, 6) is 0.923. The van der Waals surface area contributed by atoms with Gasteiger partial charge in [-0.1, -0.05) is 23.2 Å². The van der Waals surface area contributed by atoms with Crippen LogP contribution in [0.5, 0.6) is 0 Å². The van der Waals surface area contributed by atoms with E-state index >= 15 is 0 Å². The summed E-state index contributed by atoms with van der Waals surface area (Å²) in [5, 5.41) is 6.86. The molecule has 4 nitrogen and oxygen atoms in total. The van der Waals surface area contributed by atoms with Crippen molar-refractivity contribution in [2.45, 2.75) is 19.5 Å². The summed E-state index contributed by atoms with van der Waals surface area (Å²) in [6.45, 7) is 2.41. The Balaban J connectivity index is 0.00000156. The van der Waals surface area contributed by atoms with E-state index in [9.17, 15) is 0 Å². The first kappa shape index (κ1) is 16.7. The van der Waals surface area contributed by atoms with Gasteiger partial charge in [0.05, 0.1) is 17.8 Å². The number of hydrogen-bond acceptors (Lipinski definition) is 3. The Morgan fingerprint density at radius 1 is 1.26 bits per heavy atom. The second-order valence-corrected chi connectivity index (χ2v) is 6.59. The predicted octanol–water partition coefficient (Wildman–Crippen LogP) is 4.39. The van der Waals surface area contributed by atoms with E-state index in [-0.39, 0.29) is 12.4 Å². The lowest BCUT2D eigenvalue weighted by molar-refractivity contribution is 0.331. The van der Waals surface area contributed by atoms with Gasteiger partial charge < -0.3 is 9.32 Å². The largest absolute Gasteiger partial charge is 0.459 e. The lowest BCUT2D eigenvalue weighted by Crippen LogP contribution is -2.19. The fraction of sp³-hybridized carbons (Fsp3) is 0.312. The first-order valence-corrected chi connectivity index (χ1v) is 7.95. The molecule has 0 N–H and O–H groups in total. The molecule has 1 aliphatic rings. The fourth-order valence-electron chi connectivity index (χ4n) is 3.11. The van der Waals surface area contributed by atoms with Gasteiger partial charge in [0, 0.05) is 35.3 Å². The molecule has 0 amide bonds. The van der Waals surface area contributed by atoms with Crippen molar-refractivity contribution < 1.29 is 4.42 Å². The Kier molecular flexibility index (Phi) is 4.61. The van der Waals surface area contributed by atoms with Crippen molar-refractivity contribution in [3.8, 4) is 0 Å². The summed E-state index contributed by atoms with van der Waals surface area (Å²) in [5.41, 5.74) is 3.30. The molecule has 7 heteroatoms. The van der Waals surface area contributed by atoms with Crippen LogP contribution in [-0.2, 0) is 19.5 Å². The molecule has 23 heavy (non-hydrogen) atoms. The second-order valence-electron chi connectivity index (χ2n) is 5.75. The van der Waals surface area contributed by atoms with E-state index in [2.05, 4.69) is 17.0 Å². The second kappa shape index (κ2) is 6.36. The van der Waals surface area contributed by atoms with Crippen molar-refractivity contribution >= 4 is 46.6 Å². The van der Waals surface area contributed by atoms with E-state index in [1.54, 1.807) is 17.1 Å². The molecule has 0 spiro atoms. The first-order valence-electron chi connectivity index (χ1n) is 7.20. The Morgan fingerprint density at radius 3 is 2.83 bits per heavy atom. The summed E-state index contributed by atoms with van der Waals surface area (Å²) >= 11 is 12.4. The molecule has 1 aromatic carbocycles. The maximum Gasteiger partial charge on any atom is 0.135 e. The van der Waals surface area contributed by atoms with Crippen LogP contribution in [0.3, 0.4) is 0 Å². The molecule has 0 saturated carbocycles. The van der Waals surface area contributed by atoms with Gasteiger partial charge >= 0.3 is 0 Å². The first-order chi connectivity index (χ1) is 10.6. The molecule has 0 fully saturated rings. The molecule has 122 valence electrons. The van der Waals surface area contributed by atoms with Crippen LogP contribution in [0.1, 0.15) is 16.9 Å². The van der Waals surface area contributed by atoms with Gasteiger partial charge in [-0.2, -0.15) is 5.10 Å². The summed E-state index contributed by atoms with van der Waals surface area (Å²) in [6, 6.07) is 3.88. The minimum absolute atomic E-state index is 0. The quantitative estimate of drug-likeness (QED) is 0.669. The van der Waals surface area contributed by atoms with Gasteiger partial charge in [-0.25, -0.2) is 0 Å². The van der Waals surface area contributed by atoms with Crippen molar-refractivity contribution in [2.24, 2.45) is 0 Å². The third kappa shape index (κ3) is 2.96. The minimum Gasteiger partial charge on any atom is -0.459 e. The number of likely N-dealkylation sites (N-methyl/N-ethyl adjacent to an activating group) is 1. The lowest BCUT2D eigenvalue weighted by atomic mass is 10.0. The zero-order chi connectivity index (χ0) is 15.3. The van der Waals surface area contributed by atoms with Crippen LogP contribution < -0.4 is 0 Å². The van der Waals surface area contributed by atoms with E-state index in [0.29, 0.717) is 11.6 Å². The third-order valence-electron chi connectivity index (χ3n) is 4.17. The van der Waals surface area contributed by atoms with E-state index in [1.165, 1.54) is 16.5 Å². The van der Waals surface area contributed by atoms with Crippen LogP contribution in [0.4, 0.5) is 0 Å². The Bertz CT molecular complexity index is 856. The van der Waals surface area contributed by atoms with Crippen LogP contribution >= 0.6 is 35.6 Å². The number of hydrogen-bond donors (Lipinski definition) is 0. The molecule has 2 aromatic heterocycles. The van der Waals surface area contributed by atoms with Gasteiger partial charge in [-0.15, -0.1) is 12.4 Å². The maximum atomic E-state index is 6.41. The number of nitrogens with zero attached hydrogens (tertiary/aromatic N) is 3. The molecule has 0 atom stereocenters. The summed E-state index contributed by atoms with van der Waals surface area (Å²) < 4.78 is 7.89. The molecular weight excluding hydrogens is 357 g/mol. The summed E-state index contributed by atoms with van der Waals surface area (Å²) in [7, 11) is 2.12. The Hall–Kier alpha value is -1.20. The standard InChI is InChI=1S/C16H15Cl2N3O.ClH/c1-20-5-4-11-13(18)2-3-14-16(11)12(8-20)15(22-14)9-21-7-10(17)6-19-21;/h2-3,6-7H,4-5,8-9H2,1H3;1H. The third-order valence-corrected chi connectivity index (χ3v) is 4.72. The molecule has 0 bridgehead atoms. The van der Waals surface area contributed by atoms with E-state index in [1.807, 2.05) is 12.1 Å². The Morgan fingerprint density at radius 2 is 2.09 bits per heavy atom. The molecular formula is C16H16Cl3N3O. The zero-order valence-electron chi connectivity index (χ0n) is 12.6. The highest BCUT2D eigenvalue weighted by atomic mass is 35.5. The number of aromatic nitrogens is 2. The molecule has 0 radical (unpaired) electrons. The molecule has 3 heterocycles. The van der Waals surface area contributed by atoms with Crippen molar-refractivity contribution in [1.29, 1.82) is 0 Å². The van der Waals surface area contributed by atoms with Crippen LogP contribution in [0.2, 0.25) is 10.0 Å². The average Bonchev–Trinajstić information content (AvgIpc) is 2.97. The predicted molar refractivity (Wildman–Crippen MR) is 94.8 cm³/mol. The molecule has 0 saturated heterocycles. The van der Waals surface area contributed by atoms with Crippen molar-refractivity contribution in [2.75, 3.05) is 13.6 Å². The minimum atomic E-state index is 0. The van der Waals surface area contributed by atoms with Gasteiger partial charge in [-0.3, -0.25) is 4.68 Å². The van der Waals surface area contributed by atoms with E-state index in [0.717, 1.165) is 35.9 Å². The summed E-state index contributed by atoms with van der Waals surface area (Å²) in [4.78, 5) is 2.29. The molecule has 0 unspecified atom stereocenters. The van der Waals surface area contributed by atoms with Crippen molar-refractivity contribution in [1.82, 2.24) is 14.7 Å². The normalized spacial score (nSPS) is 14.7. The van der Waals surface area contributed by atoms with Gasteiger partial charge in [0.2, 0.25) is 0 Å². The van der Waals surface area contributed by atoms with Crippen LogP contribution in [-0.4, -0.2) is 28.3 Å². The smallest absolute Gasteiger partial charge is 0.135 e.